The van der Waals surface area contributed by atoms with E-state index < -0.39 is 5.82 Å². The van der Waals surface area contributed by atoms with Crippen LogP contribution in [0.5, 0.6) is 0 Å². The molecular formula is C13H17FN2OS. The molecule has 1 amide bonds. The standard InChI is InChI=1S/C13H17FN2OS/c1-8-5-9(15)6-11(12(8)14)13(17)16-10-3-2-4-18-7-10/h5-6,10H,2-4,7,15H2,1H3,(H,16,17). The summed E-state index contributed by atoms with van der Waals surface area (Å²) >= 11 is 1.82. The van der Waals surface area contributed by atoms with E-state index in [0.717, 1.165) is 24.3 Å². The van der Waals surface area contributed by atoms with E-state index in [2.05, 4.69) is 5.32 Å². The molecule has 98 valence electrons. The summed E-state index contributed by atoms with van der Waals surface area (Å²) in [6.07, 6.45) is 2.05. The van der Waals surface area contributed by atoms with Crippen LogP contribution in [0.4, 0.5) is 10.1 Å². The van der Waals surface area contributed by atoms with Crippen LogP contribution in [0.1, 0.15) is 28.8 Å². The summed E-state index contributed by atoms with van der Waals surface area (Å²) < 4.78 is 13.9. The Hall–Kier alpha value is -1.23. The predicted molar refractivity (Wildman–Crippen MR) is 73.4 cm³/mol. The SMILES string of the molecule is Cc1cc(N)cc(C(=O)NC2CCCSC2)c1F. The molecule has 1 aromatic carbocycles. The molecule has 0 saturated carbocycles. The molecule has 0 radical (unpaired) electrons. The summed E-state index contributed by atoms with van der Waals surface area (Å²) in [6, 6.07) is 3.06. The van der Waals surface area contributed by atoms with E-state index >= 15 is 0 Å². The molecule has 0 aliphatic carbocycles. The molecule has 2 rings (SSSR count). The van der Waals surface area contributed by atoms with Gasteiger partial charge in [0.25, 0.3) is 5.91 Å². The normalized spacial score (nSPS) is 19.6. The third-order valence-corrected chi connectivity index (χ3v) is 4.23. The number of hydrogen-bond donors (Lipinski definition) is 2. The summed E-state index contributed by atoms with van der Waals surface area (Å²) in [5.74, 6) is 1.19. The maximum atomic E-state index is 13.9. The third-order valence-electron chi connectivity index (χ3n) is 3.02. The number of halogens is 1. The molecular weight excluding hydrogens is 251 g/mol. The van der Waals surface area contributed by atoms with Crippen molar-refractivity contribution < 1.29 is 9.18 Å². The van der Waals surface area contributed by atoms with Crippen molar-refractivity contribution >= 4 is 23.4 Å². The molecule has 1 fully saturated rings. The Morgan fingerprint density at radius 1 is 1.56 bits per heavy atom. The first-order valence-electron chi connectivity index (χ1n) is 6.02. The van der Waals surface area contributed by atoms with Gasteiger partial charge in [-0.25, -0.2) is 4.39 Å². The summed E-state index contributed by atoms with van der Waals surface area (Å²) in [7, 11) is 0. The van der Waals surface area contributed by atoms with Crippen molar-refractivity contribution in [2.45, 2.75) is 25.8 Å². The minimum absolute atomic E-state index is 0.0445. The van der Waals surface area contributed by atoms with Gasteiger partial charge in [-0.05, 0) is 43.2 Å². The summed E-state index contributed by atoms with van der Waals surface area (Å²) in [5.41, 5.74) is 6.51. The maximum Gasteiger partial charge on any atom is 0.254 e. The zero-order valence-corrected chi connectivity index (χ0v) is 11.1. The highest BCUT2D eigenvalue weighted by Crippen LogP contribution is 2.20. The molecule has 1 heterocycles. The van der Waals surface area contributed by atoms with E-state index in [1.165, 1.54) is 12.1 Å². The second kappa shape index (κ2) is 5.61. The van der Waals surface area contributed by atoms with Crippen LogP contribution >= 0.6 is 11.8 Å². The highest BCUT2D eigenvalue weighted by molar-refractivity contribution is 7.99. The number of benzene rings is 1. The van der Waals surface area contributed by atoms with Crippen molar-refractivity contribution in [1.29, 1.82) is 0 Å². The number of amides is 1. The van der Waals surface area contributed by atoms with Gasteiger partial charge in [0.2, 0.25) is 0 Å². The fraction of sp³-hybridized carbons (Fsp3) is 0.462. The lowest BCUT2D eigenvalue weighted by atomic mass is 10.1. The van der Waals surface area contributed by atoms with Gasteiger partial charge in [0, 0.05) is 17.5 Å². The van der Waals surface area contributed by atoms with E-state index in [4.69, 9.17) is 5.73 Å². The van der Waals surface area contributed by atoms with E-state index in [-0.39, 0.29) is 17.5 Å². The zero-order chi connectivity index (χ0) is 13.1. The predicted octanol–water partition coefficient (Wildman–Crippen LogP) is 2.34. The molecule has 3 nitrogen and oxygen atoms in total. The number of hydrogen-bond acceptors (Lipinski definition) is 3. The van der Waals surface area contributed by atoms with Crippen molar-refractivity contribution in [3.05, 3.63) is 29.1 Å². The molecule has 1 aliphatic rings. The minimum atomic E-state index is -0.481. The summed E-state index contributed by atoms with van der Waals surface area (Å²) in [5, 5.41) is 2.88. The lowest BCUT2D eigenvalue weighted by molar-refractivity contribution is 0.0934. The quantitative estimate of drug-likeness (QED) is 0.809. The average Bonchev–Trinajstić information content (AvgIpc) is 2.35. The van der Waals surface area contributed by atoms with E-state index in [1.54, 1.807) is 6.92 Å². The van der Waals surface area contributed by atoms with Crippen molar-refractivity contribution in [3.8, 4) is 0 Å². The van der Waals surface area contributed by atoms with Gasteiger partial charge in [-0.3, -0.25) is 4.79 Å². The number of anilines is 1. The smallest absolute Gasteiger partial charge is 0.254 e. The van der Waals surface area contributed by atoms with Crippen LogP contribution in [0.15, 0.2) is 12.1 Å². The van der Waals surface area contributed by atoms with Gasteiger partial charge in [-0.15, -0.1) is 0 Å². The Labute approximate surface area is 110 Å². The van der Waals surface area contributed by atoms with Crippen LogP contribution in [0.25, 0.3) is 0 Å². The number of carbonyl (C=O) groups is 1. The molecule has 3 N–H and O–H groups in total. The first kappa shape index (κ1) is 13.2. The van der Waals surface area contributed by atoms with E-state index in [9.17, 15) is 9.18 Å². The van der Waals surface area contributed by atoms with Crippen LogP contribution in [-0.2, 0) is 0 Å². The fourth-order valence-corrected chi connectivity index (χ4v) is 3.15. The van der Waals surface area contributed by atoms with Crippen LogP contribution in [0, 0.1) is 12.7 Å². The Morgan fingerprint density at radius 3 is 3.00 bits per heavy atom. The molecule has 1 aliphatic heterocycles. The highest BCUT2D eigenvalue weighted by atomic mass is 32.2. The fourth-order valence-electron chi connectivity index (χ4n) is 2.08. The monoisotopic (exact) mass is 268 g/mol. The molecule has 1 saturated heterocycles. The number of thioether (sulfide) groups is 1. The maximum absolute atomic E-state index is 13.9. The highest BCUT2D eigenvalue weighted by Gasteiger charge is 2.20. The van der Waals surface area contributed by atoms with Crippen molar-refractivity contribution in [1.82, 2.24) is 5.32 Å². The number of nitrogens with two attached hydrogens (primary N) is 1. The number of nitrogen functional groups attached to an aromatic ring is 1. The Morgan fingerprint density at radius 2 is 2.33 bits per heavy atom. The molecule has 0 bridgehead atoms. The van der Waals surface area contributed by atoms with Gasteiger partial charge in [-0.1, -0.05) is 0 Å². The Balaban J connectivity index is 2.13. The Kier molecular flexibility index (Phi) is 4.11. The summed E-state index contributed by atoms with van der Waals surface area (Å²) in [6.45, 7) is 1.61. The van der Waals surface area contributed by atoms with Gasteiger partial charge < -0.3 is 11.1 Å². The van der Waals surface area contributed by atoms with Gasteiger partial charge in [0.05, 0.1) is 5.56 Å². The van der Waals surface area contributed by atoms with Gasteiger partial charge in [0.1, 0.15) is 5.82 Å². The first-order chi connectivity index (χ1) is 8.58. The lowest BCUT2D eigenvalue weighted by Gasteiger charge is -2.22. The van der Waals surface area contributed by atoms with Crippen LogP contribution in [0.3, 0.4) is 0 Å². The molecule has 1 unspecified atom stereocenters. The van der Waals surface area contributed by atoms with Crippen LogP contribution < -0.4 is 11.1 Å². The number of carbonyl (C=O) groups excluding carboxylic acids is 1. The molecule has 5 heteroatoms. The van der Waals surface area contributed by atoms with Crippen LogP contribution in [-0.4, -0.2) is 23.5 Å². The molecule has 1 atom stereocenters. The second-order valence-corrected chi connectivity index (χ2v) is 5.74. The molecule has 0 aromatic heterocycles. The zero-order valence-electron chi connectivity index (χ0n) is 10.3. The number of nitrogens with one attached hydrogen (secondary N) is 1. The van der Waals surface area contributed by atoms with Crippen molar-refractivity contribution in [2.75, 3.05) is 17.2 Å². The molecule has 1 aromatic rings. The van der Waals surface area contributed by atoms with E-state index in [1.807, 2.05) is 11.8 Å². The van der Waals surface area contributed by atoms with E-state index in [0.29, 0.717) is 11.3 Å². The largest absolute Gasteiger partial charge is 0.399 e. The third kappa shape index (κ3) is 2.96. The molecule has 18 heavy (non-hydrogen) atoms. The van der Waals surface area contributed by atoms with Gasteiger partial charge in [0.15, 0.2) is 0 Å². The second-order valence-electron chi connectivity index (χ2n) is 4.59. The van der Waals surface area contributed by atoms with Gasteiger partial charge >= 0.3 is 0 Å². The topological polar surface area (TPSA) is 55.1 Å². The van der Waals surface area contributed by atoms with Crippen molar-refractivity contribution in [3.63, 3.8) is 0 Å². The minimum Gasteiger partial charge on any atom is -0.399 e. The van der Waals surface area contributed by atoms with Gasteiger partial charge in [-0.2, -0.15) is 11.8 Å². The first-order valence-corrected chi connectivity index (χ1v) is 7.17. The molecule has 0 spiro atoms. The van der Waals surface area contributed by atoms with Crippen LogP contribution in [0.2, 0.25) is 0 Å². The summed E-state index contributed by atoms with van der Waals surface area (Å²) in [4.78, 5) is 12.0. The van der Waals surface area contributed by atoms with Crippen molar-refractivity contribution in [2.24, 2.45) is 0 Å². The Bertz CT molecular complexity index is 459. The number of aryl methyl sites for hydroxylation is 1. The average molecular weight is 268 g/mol. The lowest BCUT2D eigenvalue weighted by Crippen LogP contribution is -2.38. The number of rotatable bonds is 2.